The second kappa shape index (κ2) is 9.01. The number of amides is 1. The lowest BCUT2D eigenvalue weighted by molar-refractivity contribution is -0.144. The molecule has 1 unspecified atom stereocenters. The quantitative estimate of drug-likeness (QED) is 0.763. The molecule has 1 fully saturated rings. The molecule has 0 radical (unpaired) electrons. The minimum Gasteiger partial charge on any atom is -0.481 e. The van der Waals surface area contributed by atoms with Crippen molar-refractivity contribution in [2.24, 2.45) is 11.8 Å². The Hall–Kier alpha value is -2.67. The first kappa shape index (κ1) is 20.1. The molecular weight excluding hydrogens is 358 g/mol. The number of carboxylic acid groups (broad SMARTS) is 1. The molecule has 150 valence electrons. The van der Waals surface area contributed by atoms with E-state index in [-0.39, 0.29) is 18.4 Å². The highest BCUT2D eigenvalue weighted by Gasteiger charge is 2.30. The molecule has 28 heavy (non-hydrogen) atoms. The third-order valence-electron chi connectivity index (χ3n) is 5.26. The number of aliphatic carboxylic acids is 1. The van der Waals surface area contributed by atoms with E-state index in [9.17, 15) is 14.7 Å². The van der Waals surface area contributed by atoms with Crippen LogP contribution in [0.5, 0.6) is 0 Å². The number of hydrogen-bond acceptors (Lipinski definition) is 4. The number of aryl methyl sites for hydroxylation is 2. The van der Waals surface area contributed by atoms with Crippen molar-refractivity contribution in [2.75, 3.05) is 19.8 Å². The Labute approximate surface area is 164 Å². The molecule has 0 saturated carbocycles. The zero-order chi connectivity index (χ0) is 20.1. The predicted octanol–water partition coefficient (Wildman–Crippen LogP) is 2.41. The summed E-state index contributed by atoms with van der Waals surface area (Å²) < 4.78 is 7.21. The van der Waals surface area contributed by atoms with Gasteiger partial charge in [-0.2, -0.15) is 5.10 Å². The lowest BCUT2D eigenvalue weighted by atomic mass is 9.86. The van der Waals surface area contributed by atoms with Gasteiger partial charge in [0.15, 0.2) is 0 Å². The van der Waals surface area contributed by atoms with Crippen LogP contribution in [0.15, 0.2) is 30.3 Å². The molecule has 1 aliphatic rings. The van der Waals surface area contributed by atoms with Crippen LogP contribution in [0, 0.1) is 25.7 Å². The van der Waals surface area contributed by atoms with Crippen LogP contribution in [0.4, 0.5) is 0 Å². The van der Waals surface area contributed by atoms with Crippen molar-refractivity contribution in [1.29, 1.82) is 0 Å². The van der Waals surface area contributed by atoms with Gasteiger partial charge in [-0.3, -0.25) is 14.3 Å². The number of rotatable bonds is 7. The molecule has 2 aromatic rings. The predicted molar refractivity (Wildman–Crippen MR) is 104 cm³/mol. The van der Waals surface area contributed by atoms with Gasteiger partial charge in [-0.15, -0.1) is 0 Å². The van der Waals surface area contributed by atoms with Gasteiger partial charge >= 0.3 is 5.97 Å². The van der Waals surface area contributed by atoms with E-state index in [1.807, 2.05) is 42.8 Å². The van der Waals surface area contributed by atoms with Gasteiger partial charge in [0, 0.05) is 31.0 Å². The van der Waals surface area contributed by atoms with E-state index in [4.69, 9.17) is 4.74 Å². The Kier molecular flexibility index (Phi) is 6.46. The Morgan fingerprint density at radius 3 is 2.68 bits per heavy atom. The fourth-order valence-corrected chi connectivity index (χ4v) is 3.70. The highest BCUT2D eigenvalue weighted by molar-refractivity contribution is 5.94. The van der Waals surface area contributed by atoms with Crippen molar-refractivity contribution >= 4 is 11.9 Å². The van der Waals surface area contributed by atoms with Crippen molar-refractivity contribution in [1.82, 2.24) is 15.1 Å². The van der Waals surface area contributed by atoms with Crippen LogP contribution in [-0.4, -0.2) is 46.5 Å². The van der Waals surface area contributed by atoms with Gasteiger partial charge in [0.2, 0.25) is 0 Å². The summed E-state index contributed by atoms with van der Waals surface area (Å²) in [6.07, 6.45) is 1.43. The van der Waals surface area contributed by atoms with Gasteiger partial charge in [0.1, 0.15) is 0 Å². The molecule has 2 N–H and O–H groups in total. The van der Waals surface area contributed by atoms with Crippen LogP contribution in [0.25, 0.3) is 0 Å². The first-order valence-electron chi connectivity index (χ1n) is 9.63. The van der Waals surface area contributed by atoms with Crippen molar-refractivity contribution in [3.05, 3.63) is 52.8 Å². The Bertz CT molecular complexity index is 840. The van der Waals surface area contributed by atoms with Crippen molar-refractivity contribution < 1.29 is 19.4 Å². The van der Waals surface area contributed by atoms with Gasteiger partial charge < -0.3 is 15.2 Å². The van der Waals surface area contributed by atoms with Crippen molar-refractivity contribution in [2.45, 2.75) is 33.2 Å². The molecule has 0 aliphatic carbocycles. The van der Waals surface area contributed by atoms with Gasteiger partial charge in [0.25, 0.3) is 5.91 Å². The first-order valence-corrected chi connectivity index (χ1v) is 9.63. The molecule has 1 aromatic carbocycles. The molecular formula is C21H27N3O4. The van der Waals surface area contributed by atoms with Gasteiger partial charge in [-0.1, -0.05) is 12.1 Å². The number of hydrogen-bond donors (Lipinski definition) is 2. The second-order valence-electron chi connectivity index (χ2n) is 7.39. The van der Waals surface area contributed by atoms with Crippen LogP contribution in [0.1, 0.15) is 40.2 Å². The monoisotopic (exact) mass is 385 g/mol. The van der Waals surface area contributed by atoms with E-state index in [0.29, 0.717) is 38.2 Å². The maximum atomic E-state index is 12.6. The van der Waals surface area contributed by atoms with E-state index in [1.165, 1.54) is 0 Å². The third-order valence-corrected chi connectivity index (χ3v) is 5.26. The van der Waals surface area contributed by atoms with Gasteiger partial charge in [-0.05, 0) is 56.4 Å². The normalized spacial score (nSPS) is 15.9. The summed E-state index contributed by atoms with van der Waals surface area (Å²) >= 11 is 0. The molecule has 1 aliphatic heterocycles. The summed E-state index contributed by atoms with van der Waals surface area (Å²) in [5.41, 5.74) is 3.51. The summed E-state index contributed by atoms with van der Waals surface area (Å²) in [4.78, 5) is 24.2. The van der Waals surface area contributed by atoms with Gasteiger partial charge in [-0.25, -0.2) is 0 Å². The number of benzene rings is 1. The Morgan fingerprint density at radius 2 is 2.04 bits per heavy atom. The van der Waals surface area contributed by atoms with Crippen LogP contribution in [-0.2, 0) is 16.1 Å². The fourth-order valence-electron chi connectivity index (χ4n) is 3.70. The molecule has 1 amide bonds. The van der Waals surface area contributed by atoms with Gasteiger partial charge in [0.05, 0.1) is 18.2 Å². The minimum absolute atomic E-state index is 0.0314. The SMILES string of the molecule is Cc1cc(C)n(Cc2cccc(C(=O)NCC(C(=O)O)C3CCOCC3)c2)n1. The van der Waals surface area contributed by atoms with Crippen LogP contribution >= 0.6 is 0 Å². The lowest BCUT2D eigenvalue weighted by Gasteiger charge is -2.27. The number of carbonyl (C=O) groups excluding carboxylic acids is 1. The van der Waals surface area contributed by atoms with Crippen LogP contribution < -0.4 is 5.32 Å². The number of ether oxygens (including phenoxy) is 1. The number of nitrogens with zero attached hydrogens (tertiary/aromatic N) is 2. The summed E-state index contributed by atoms with van der Waals surface area (Å²) in [5.74, 6) is -1.69. The van der Waals surface area contributed by atoms with E-state index in [0.717, 1.165) is 17.0 Å². The van der Waals surface area contributed by atoms with Crippen molar-refractivity contribution in [3.63, 3.8) is 0 Å². The van der Waals surface area contributed by atoms with E-state index < -0.39 is 11.9 Å². The zero-order valence-corrected chi connectivity index (χ0v) is 16.4. The van der Waals surface area contributed by atoms with E-state index in [2.05, 4.69) is 10.4 Å². The average Bonchev–Trinajstić information content (AvgIpc) is 2.99. The molecule has 2 heterocycles. The minimum atomic E-state index is -0.870. The Morgan fingerprint density at radius 1 is 1.29 bits per heavy atom. The molecule has 7 nitrogen and oxygen atoms in total. The zero-order valence-electron chi connectivity index (χ0n) is 16.4. The molecule has 0 bridgehead atoms. The maximum absolute atomic E-state index is 12.6. The molecule has 3 rings (SSSR count). The number of nitrogens with one attached hydrogen (secondary N) is 1. The molecule has 1 aromatic heterocycles. The number of aromatic nitrogens is 2. The molecule has 1 atom stereocenters. The summed E-state index contributed by atoms with van der Waals surface area (Å²) in [6.45, 7) is 5.82. The smallest absolute Gasteiger partial charge is 0.308 e. The first-order chi connectivity index (χ1) is 13.4. The average molecular weight is 385 g/mol. The maximum Gasteiger partial charge on any atom is 0.308 e. The topological polar surface area (TPSA) is 93.5 Å². The standard InChI is InChI=1S/C21H27N3O4/c1-14-10-15(2)24(23-14)13-16-4-3-5-18(11-16)20(25)22-12-19(21(26)27)17-6-8-28-9-7-17/h3-5,10-11,17,19H,6-9,12-13H2,1-2H3,(H,22,25)(H,26,27). The molecule has 0 spiro atoms. The van der Waals surface area contributed by atoms with E-state index in [1.54, 1.807) is 6.07 Å². The van der Waals surface area contributed by atoms with E-state index >= 15 is 0 Å². The number of carboxylic acids is 1. The fraction of sp³-hybridized carbons (Fsp3) is 0.476. The summed E-state index contributed by atoms with van der Waals surface area (Å²) in [5, 5.41) is 16.8. The van der Waals surface area contributed by atoms with Crippen LogP contribution in [0.3, 0.4) is 0 Å². The van der Waals surface area contributed by atoms with Crippen LogP contribution in [0.2, 0.25) is 0 Å². The summed E-state index contributed by atoms with van der Waals surface area (Å²) in [7, 11) is 0. The Balaban J connectivity index is 1.63. The molecule has 7 heteroatoms. The molecule has 1 saturated heterocycles. The summed E-state index contributed by atoms with van der Waals surface area (Å²) in [6, 6.07) is 9.37. The number of carbonyl (C=O) groups is 2. The second-order valence-corrected chi connectivity index (χ2v) is 7.39. The highest BCUT2D eigenvalue weighted by Crippen LogP contribution is 2.24. The third kappa shape index (κ3) is 4.98. The van der Waals surface area contributed by atoms with Crippen molar-refractivity contribution in [3.8, 4) is 0 Å². The lowest BCUT2D eigenvalue weighted by Crippen LogP contribution is -2.39. The largest absolute Gasteiger partial charge is 0.481 e. The highest BCUT2D eigenvalue weighted by atomic mass is 16.5.